The second-order valence-corrected chi connectivity index (χ2v) is 8.82. The van der Waals surface area contributed by atoms with Gasteiger partial charge >= 0.3 is 0 Å². The third kappa shape index (κ3) is 2.58. The largest absolute Gasteiger partial charge is 0.0609 e. The monoisotopic (exact) mass is 332 g/mol. The molecular weight excluding hydrogens is 308 g/mol. The van der Waals surface area contributed by atoms with Gasteiger partial charge in [-0.3, -0.25) is 0 Å². The summed E-state index contributed by atoms with van der Waals surface area (Å²) in [6, 6.07) is 8.87. The van der Waals surface area contributed by atoms with Gasteiger partial charge in [-0.2, -0.15) is 0 Å². The van der Waals surface area contributed by atoms with Crippen LogP contribution < -0.4 is 0 Å². The highest BCUT2D eigenvalue weighted by Crippen LogP contribution is 2.61. The quantitative estimate of drug-likeness (QED) is 0.635. The fraction of sp³-hybridized carbons (Fsp3) is 0.684. The molecule has 108 valence electrons. The lowest BCUT2D eigenvalue weighted by atomic mass is 9.48. The number of hydrogen-bond donors (Lipinski definition) is 0. The normalized spacial score (nSPS) is 38.4. The SMILES string of the molecule is Brc1cccc(CCCC23CC4CC(CC(C4)C2)C3)c1. The van der Waals surface area contributed by atoms with Gasteiger partial charge in [-0.15, -0.1) is 0 Å². The molecule has 20 heavy (non-hydrogen) atoms. The van der Waals surface area contributed by atoms with Crippen molar-refractivity contribution in [1.29, 1.82) is 0 Å². The summed E-state index contributed by atoms with van der Waals surface area (Å²) in [4.78, 5) is 0. The lowest BCUT2D eigenvalue weighted by Gasteiger charge is -2.57. The molecule has 0 nitrogen and oxygen atoms in total. The molecule has 1 heteroatoms. The van der Waals surface area contributed by atoms with Crippen LogP contribution in [0.3, 0.4) is 0 Å². The Morgan fingerprint density at radius 2 is 1.65 bits per heavy atom. The van der Waals surface area contributed by atoms with Crippen molar-refractivity contribution in [1.82, 2.24) is 0 Å². The number of benzene rings is 1. The average Bonchev–Trinajstić information content (AvgIpc) is 2.36. The molecular formula is C19H25Br. The van der Waals surface area contributed by atoms with Gasteiger partial charge in [0.25, 0.3) is 0 Å². The van der Waals surface area contributed by atoms with E-state index in [-0.39, 0.29) is 0 Å². The van der Waals surface area contributed by atoms with Gasteiger partial charge in [-0.05, 0) is 98.7 Å². The first-order valence-corrected chi connectivity index (χ1v) is 9.25. The third-order valence-electron chi connectivity index (χ3n) is 6.23. The van der Waals surface area contributed by atoms with Gasteiger partial charge in [0.05, 0.1) is 0 Å². The van der Waals surface area contributed by atoms with Crippen molar-refractivity contribution in [3.63, 3.8) is 0 Å². The van der Waals surface area contributed by atoms with Crippen LogP contribution in [-0.2, 0) is 6.42 Å². The highest BCUT2D eigenvalue weighted by atomic mass is 79.9. The summed E-state index contributed by atoms with van der Waals surface area (Å²) in [5.74, 6) is 3.31. The van der Waals surface area contributed by atoms with Crippen LogP contribution in [0.25, 0.3) is 0 Å². The van der Waals surface area contributed by atoms with Crippen LogP contribution in [0.2, 0.25) is 0 Å². The molecule has 1 aromatic rings. The minimum absolute atomic E-state index is 0.765. The fourth-order valence-electron chi connectivity index (χ4n) is 5.96. The molecule has 5 rings (SSSR count). The van der Waals surface area contributed by atoms with E-state index in [9.17, 15) is 0 Å². The molecule has 4 bridgehead atoms. The van der Waals surface area contributed by atoms with E-state index in [1.807, 2.05) is 0 Å². The highest BCUT2D eigenvalue weighted by Gasteiger charge is 2.50. The maximum Gasteiger partial charge on any atom is 0.0177 e. The van der Waals surface area contributed by atoms with Gasteiger partial charge in [0.1, 0.15) is 0 Å². The van der Waals surface area contributed by atoms with Gasteiger partial charge in [-0.1, -0.05) is 28.1 Å². The number of halogens is 1. The summed E-state index contributed by atoms with van der Waals surface area (Å²) in [6.45, 7) is 0. The van der Waals surface area contributed by atoms with Crippen LogP contribution in [0.15, 0.2) is 28.7 Å². The Kier molecular flexibility index (Phi) is 3.45. The van der Waals surface area contributed by atoms with Gasteiger partial charge in [0.15, 0.2) is 0 Å². The molecule has 0 heterocycles. The summed E-state index contributed by atoms with van der Waals surface area (Å²) in [7, 11) is 0. The molecule has 1 aromatic carbocycles. The fourth-order valence-corrected chi connectivity index (χ4v) is 6.40. The van der Waals surface area contributed by atoms with Crippen molar-refractivity contribution in [2.24, 2.45) is 23.2 Å². The molecule has 0 amide bonds. The van der Waals surface area contributed by atoms with Gasteiger partial charge in [0.2, 0.25) is 0 Å². The van der Waals surface area contributed by atoms with Crippen LogP contribution in [0.1, 0.15) is 56.9 Å². The van der Waals surface area contributed by atoms with Gasteiger partial charge in [-0.25, -0.2) is 0 Å². The Hall–Kier alpha value is -0.300. The third-order valence-corrected chi connectivity index (χ3v) is 6.72. The van der Waals surface area contributed by atoms with Crippen molar-refractivity contribution >= 4 is 15.9 Å². The molecule has 0 aliphatic heterocycles. The van der Waals surface area contributed by atoms with E-state index < -0.39 is 0 Å². The molecule has 0 N–H and O–H groups in total. The van der Waals surface area contributed by atoms with Crippen molar-refractivity contribution < 1.29 is 0 Å². The van der Waals surface area contributed by atoms with Crippen LogP contribution in [-0.4, -0.2) is 0 Å². The zero-order chi connectivity index (χ0) is 13.6. The maximum absolute atomic E-state index is 3.59. The number of rotatable bonds is 4. The van der Waals surface area contributed by atoms with Crippen LogP contribution >= 0.6 is 15.9 Å². The molecule has 0 aromatic heterocycles. The first kappa shape index (κ1) is 13.4. The molecule has 0 spiro atoms. The van der Waals surface area contributed by atoms with E-state index in [1.54, 1.807) is 38.5 Å². The molecule has 4 fully saturated rings. The first-order valence-electron chi connectivity index (χ1n) is 8.45. The predicted molar refractivity (Wildman–Crippen MR) is 87.7 cm³/mol. The summed E-state index contributed by atoms with van der Waals surface area (Å²) in [5.41, 5.74) is 2.27. The van der Waals surface area contributed by atoms with E-state index >= 15 is 0 Å². The Balaban J connectivity index is 1.37. The van der Waals surface area contributed by atoms with E-state index in [0.29, 0.717) is 0 Å². The van der Waals surface area contributed by atoms with Crippen molar-refractivity contribution in [2.45, 2.75) is 57.8 Å². The van der Waals surface area contributed by atoms with Crippen molar-refractivity contribution in [3.05, 3.63) is 34.3 Å². The number of aryl methyl sites for hydroxylation is 1. The van der Waals surface area contributed by atoms with E-state index in [0.717, 1.165) is 23.2 Å². The van der Waals surface area contributed by atoms with Crippen LogP contribution in [0, 0.1) is 23.2 Å². The minimum Gasteiger partial charge on any atom is -0.0609 e. The van der Waals surface area contributed by atoms with Crippen LogP contribution in [0.4, 0.5) is 0 Å². The Morgan fingerprint density at radius 3 is 2.25 bits per heavy atom. The average molecular weight is 333 g/mol. The standard InChI is InChI=1S/C19H25Br/c20-18-5-1-3-14(10-18)4-2-6-19-11-15-7-16(12-19)9-17(8-15)13-19/h1,3,5,10,15-17H,2,4,6-9,11-13H2. The van der Waals surface area contributed by atoms with Crippen LogP contribution in [0.5, 0.6) is 0 Å². The zero-order valence-electron chi connectivity index (χ0n) is 12.3. The van der Waals surface area contributed by atoms with E-state index in [4.69, 9.17) is 0 Å². The summed E-state index contributed by atoms with van der Waals surface area (Å²) in [6.07, 6.45) is 13.6. The molecule has 0 atom stereocenters. The number of hydrogen-bond acceptors (Lipinski definition) is 0. The van der Waals surface area contributed by atoms with Gasteiger partial charge in [0, 0.05) is 4.47 Å². The summed E-state index contributed by atoms with van der Waals surface area (Å²) < 4.78 is 1.23. The van der Waals surface area contributed by atoms with Crippen molar-refractivity contribution in [3.8, 4) is 0 Å². The smallest absolute Gasteiger partial charge is 0.0177 e. The lowest BCUT2D eigenvalue weighted by molar-refractivity contribution is -0.0580. The Bertz CT molecular complexity index is 455. The van der Waals surface area contributed by atoms with Gasteiger partial charge < -0.3 is 0 Å². The molecule has 4 aliphatic carbocycles. The Morgan fingerprint density at radius 1 is 1.00 bits per heavy atom. The molecule has 0 saturated heterocycles. The van der Waals surface area contributed by atoms with Crippen molar-refractivity contribution in [2.75, 3.05) is 0 Å². The summed E-state index contributed by atoms with van der Waals surface area (Å²) in [5, 5.41) is 0. The second kappa shape index (κ2) is 5.16. The first-order chi connectivity index (χ1) is 9.71. The lowest BCUT2D eigenvalue weighted by Crippen LogP contribution is -2.45. The molecule has 4 aliphatic rings. The minimum atomic E-state index is 0.765. The maximum atomic E-state index is 3.59. The molecule has 0 unspecified atom stereocenters. The van der Waals surface area contributed by atoms with E-state index in [1.165, 1.54) is 29.3 Å². The topological polar surface area (TPSA) is 0 Å². The molecule has 4 saturated carbocycles. The predicted octanol–water partition coefficient (Wildman–Crippen LogP) is 5.99. The van der Waals surface area contributed by atoms with E-state index in [2.05, 4.69) is 40.2 Å². The zero-order valence-corrected chi connectivity index (χ0v) is 13.9. The Labute approximate surface area is 131 Å². The summed E-state index contributed by atoms with van der Waals surface area (Å²) >= 11 is 3.59. The molecule has 0 radical (unpaired) electrons. The second-order valence-electron chi connectivity index (χ2n) is 7.90. The highest BCUT2D eigenvalue weighted by molar-refractivity contribution is 9.10.